The fourth-order valence-corrected chi connectivity index (χ4v) is 4.11. The number of hydrogen-bond acceptors (Lipinski definition) is 7. The molecule has 1 amide bonds. The summed E-state index contributed by atoms with van der Waals surface area (Å²) < 4.78 is 5.45. The van der Waals surface area contributed by atoms with Gasteiger partial charge in [0.15, 0.2) is 0 Å². The third-order valence-electron chi connectivity index (χ3n) is 4.78. The van der Waals surface area contributed by atoms with Crippen LogP contribution in [-0.2, 0) is 4.79 Å². The molecule has 4 rings (SSSR count). The van der Waals surface area contributed by atoms with E-state index in [4.69, 9.17) is 4.74 Å². The zero-order valence-corrected chi connectivity index (χ0v) is 15.7. The molecule has 1 saturated carbocycles. The molecule has 2 aromatic rings. The molecule has 26 heavy (non-hydrogen) atoms. The lowest BCUT2D eigenvalue weighted by Gasteiger charge is -2.36. The van der Waals surface area contributed by atoms with E-state index in [0.29, 0.717) is 17.6 Å². The van der Waals surface area contributed by atoms with Crippen molar-refractivity contribution in [1.29, 1.82) is 0 Å². The SMILES string of the molecule is COc1ccccc1N1CCN(CC(=O)Nc2nnc(C3CC3)s2)CC1. The number of amides is 1. The molecule has 7 nitrogen and oxygen atoms in total. The molecule has 0 bridgehead atoms. The van der Waals surface area contributed by atoms with Gasteiger partial charge in [0.25, 0.3) is 0 Å². The van der Waals surface area contributed by atoms with Crippen molar-refractivity contribution in [1.82, 2.24) is 15.1 Å². The van der Waals surface area contributed by atoms with Crippen molar-refractivity contribution in [3.05, 3.63) is 29.3 Å². The van der Waals surface area contributed by atoms with E-state index in [1.807, 2.05) is 18.2 Å². The highest BCUT2D eigenvalue weighted by molar-refractivity contribution is 7.15. The monoisotopic (exact) mass is 373 g/mol. The minimum atomic E-state index is -0.0192. The van der Waals surface area contributed by atoms with Gasteiger partial charge in [0.05, 0.1) is 19.3 Å². The van der Waals surface area contributed by atoms with E-state index in [1.54, 1.807) is 7.11 Å². The molecule has 0 spiro atoms. The molecule has 8 heteroatoms. The fraction of sp³-hybridized carbons (Fsp3) is 0.500. The van der Waals surface area contributed by atoms with Crippen LogP contribution >= 0.6 is 11.3 Å². The number of para-hydroxylation sites is 2. The Balaban J connectivity index is 1.27. The Labute approximate surface area is 157 Å². The number of carbonyl (C=O) groups excluding carboxylic acids is 1. The Bertz CT molecular complexity index is 768. The van der Waals surface area contributed by atoms with Crippen LogP contribution in [0.1, 0.15) is 23.8 Å². The van der Waals surface area contributed by atoms with Gasteiger partial charge in [0.2, 0.25) is 11.0 Å². The van der Waals surface area contributed by atoms with Crippen LogP contribution in [0.2, 0.25) is 0 Å². The quantitative estimate of drug-likeness (QED) is 0.837. The molecule has 1 aromatic carbocycles. The molecule has 1 N–H and O–H groups in total. The Morgan fingerprint density at radius 1 is 1.23 bits per heavy atom. The number of hydrogen-bond donors (Lipinski definition) is 1. The highest BCUT2D eigenvalue weighted by Gasteiger charge is 2.28. The zero-order chi connectivity index (χ0) is 17.9. The topological polar surface area (TPSA) is 70.6 Å². The van der Waals surface area contributed by atoms with Gasteiger partial charge in [-0.15, -0.1) is 10.2 Å². The van der Waals surface area contributed by atoms with Gasteiger partial charge in [0.1, 0.15) is 10.8 Å². The van der Waals surface area contributed by atoms with E-state index >= 15 is 0 Å². The lowest BCUT2D eigenvalue weighted by Crippen LogP contribution is -2.48. The summed E-state index contributed by atoms with van der Waals surface area (Å²) >= 11 is 1.50. The first-order chi connectivity index (χ1) is 12.7. The van der Waals surface area contributed by atoms with Crippen molar-refractivity contribution in [2.45, 2.75) is 18.8 Å². The number of ether oxygens (including phenoxy) is 1. The van der Waals surface area contributed by atoms with Crippen LogP contribution in [0.4, 0.5) is 10.8 Å². The molecule has 0 radical (unpaired) electrons. The third kappa shape index (κ3) is 3.96. The lowest BCUT2D eigenvalue weighted by molar-refractivity contribution is -0.117. The third-order valence-corrected chi connectivity index (χ3v) is 5.78. The fourth-order valence-electron chi connectivity index (χ4n) is 3.18. The van der Waals surface area contributed by atoms with Crippen LogP contribution in [0.5, 0.6) is 5.75 Å². The summed E-state index contributed by atoms with van der Waals surface area (Å²) in [5, 5.41) is 12.8. The number of methoxy groups -OCH3 is 1. The van der Waals surface area contributed by atoms with Crippen molar-refractivity contribution >= 4 is 28.1 Å². The Kier molecular flexibility index (Phi) is 5.03. The molecule has 1 saturated heterocycles. The summed E-state index contributed by atoms with van der Waals surface area (Å²) in [6, 6.07) is 8.06. The van der Waals surface area contributed by atoms with Crippen LogP contribution in [0.3, 0.4) is 0 Å². The summed E-state index contributed by atoms with van der Waals surface area (Å²) in [5.41, 5.74) is 1.11. The van der Waals surface area contributed by atoms with Gasteiger partial charge >= 0.3 is 0 Å². The molecular weight excluding hydrogens is 350 g/mol. The smallest absolute Gasteiger partial charge is 0.240 e. The van der Waals surface area contributed by atoms with E-state index in [1.165, 1.54) is 24.2 Å². The summed E-state index contributed by atoms with van der Waals surface area (Å²) in [7, 11) is 1.70. The van der Waals surface area contributed by atoms with E-state index in [2.05, 4.69) is 31.4 Å². The van der Waals surface area contributed by atoms with Gasteiger partial charge in [-0.1, -0.05) is 23.5 Å². The average molecular weight is 373 g/mol. The number of anilines is 2. The maximum absolute atomic E-state index is 12.3. The van der Waals surface area contributed by atoms with Gasteiger partial charge < -0.3 is 9.64 Å². The summed E-state index contributed by atoms with van der Waals surface area (Å²) in [6.45, 7) is 3.82. The second-order valence-corrected chi connectivity index (χ2v) is 7.71. The second-order valence-electron chi connectivity index (χ2n) is 6.70. The van der Waals surface area contributed by atoms with Crippen LogP contribution < -0.4 is 15.0 Å². The normalized spacial score (nSPS) is 18.0. The van der Waals surface area contributed by atoms with Crippen LogP contribution in [0, 0.1) is 0 Å². The number of benzene rings is 1. The number of nitrogens with one attached hydrogen (secondary N) is 1. The van der Waals surface area contributed by atoms with Gasteiger partial charge in [-0.25, -0.2) is 0 Å². The molecule has 138 valence electrons. The summed E-state index contributed by atoms with van der Waals surface area (Å²) in [6.07, 6.45) is 2.39. The van der Waals surface area contributed by atoms with E-state index < -0.39 is 0 Å². The van der Waals surface area contributed by atoms with Gasteiger partial charge in [-0.3, -0.25) is 15.0 Å². The highest BCUT2D eigenvalue weighted by atomic mass is 32.1. The van der Waals surface area contributed by atoms with Crippen LogP contribution in [0.15, 0.2) is 24.3 Å². The van der Waals surface area contributed by atoms with Gasteiger partial charge in [-0.05, 0) is 25.0 Å². The predicted octanol–water partition coefficient (Wildman–Crippen LogP) is 2.18. The molecule has 2 heterocycles. The summed E-state index contributed by atoms with van der Waals surface area (Å²) in [5.74, 6) is 1.44. The van der Waals surface area contributed by atoms with Crippen LogP contribution in [0.25, 0.3) is 0 Å². The van der Waals surface area contributed by atoms with E-state index in [9.17, 15) is 4.79 Å². The lowest BCUT2D eigenvalue weighted by atomic mass is 10.2. The maximum Gasteiger partial charge on any atom is 0.240 e. The molecule has 1 aliphatic heterocycles. The predicted molar refractivity (Wildman–Crippen MR) is 102 cm³/mol. The average Bonchev–Trinajstić information content (AvgIpc) is 3.42. The number of carbonyl (C=O) groups is 1. The van der Waals surface area contributed by atoms with Gasteiger partial charge in [-0.2, -0.15) is 0 Å². The van der Waals surface area contributed by atoms with Crippen LogP contribution in [-0.4, -0.2) is 60.8 Å². The molecule has 2 fully saturated rings. The van der Waals surface area contributed by atoms with Crippen molar-refractivity contribution in [3.63, 3.8) is 0 Å². The van der Waals surface area contributed by atoms with Crippen molar-refractivity contribution in [2.75, 3.05) is 50.1 Å². The Morgan fingerprint density at radius 3 is 2.73 bits per heavy atom. The maximum atomic E-state index is 12.3. The van der Waals surface area contributed by atoms with Gasteiger partial charge in [0, 0.05) is 32.1 Å². The van der Waals surface area contributed by atoms with Crippen molar-refractivity contribution < 1.29 is 9.53 Å². The number of rotatable bonds is 6. The van der Waals surface area contributed by atoms with E-state index in [0.717, 1.165) is 42.6 Å². The number of piperazine rings is 1. The zero-order valence-electron chi connectivity index (χ0n) is 14.9. The second kappa shape index (κ2) is 7.59. The van der Waals surface area contributed by atoms with Crippen molar-refractivity contribution in [2.24, 2.45) is 0 Å². The van der Waals surface area contributed by atoms with E-state index in [-0.39, 0.29) is 5.91 Å². The first-order valence-electron chi connectivity index (χ1n) is 8.96. The summed E-state index contributed by atoms with van der Waals surface area (Å²) in [4.78, 5) is 16.8. The minimum absolute atomic E-state index is 0.0192. The molecule has 1 aromatic heterocycles. The molecule has 1 aliphatic carbocycles. The molecule has 0 unspecified atom stereocenters. The van der Waals surface area contributed by atoms with Crippen molar-refractivity contribution in [3.8, 4) is 5.75 Å². The molecule has 2 aliphatic rings. The Morgan fingerprint density at radius 2 is 2.00 bits per heavy atom. The largest absolute Gasteiger partial charge is 0.495 e. The first kappa shape index (κ1) is 17.2. The number of aromatic nitrogens is 2. The Hall–Kier alpha value is -2.19. The molecule has 0 atom stereocenters. The first-order valence-corrected chi connectivity index (χ1v) is 9.78. The standard InChI is InChI=1S/C18H23N5O2S/c1-25-15-5-3-2-4-14(15)23-10-8-22(9-11-23)12-16(24)19-18-21-20-17(26-18)13-6-7-13/h2-5,13H,6-12H2,1H3,(H,19,21,24). The minimum Gasteiger partial charge on any atom is -0.495 e. The molecular formula is C18H23N5O2S. The number of nitrogens with zero attached hydrogens (tertiary/aromatic N) is 4. The highest BCUT2D eigenvalue weighted by Crippen LogP contribution is 2.42.